The highest BCUT2D eigenvalue weighted by Crippen LogP contribution is 2.16. The van der Waals surface area contributed by atoms with E-state index in [1.165, 1.54) is 7.11 Å². The Balaban J connectivity index is 0.000000122. The summed E-state index contributed by atoms with van der Waals surface area (Å²) < 4.78 is 3.86. The highest BCUT2D eigenvalue weighted by Gasteiger charge is 2.15. The third kappa shape index (κ3) is 9.06. The summed E-state index contributed by atoms with van der Waals surface area (Å²) in [6, 6.07) is 0. The Hall–Kier alpha value is -0.570. The molecule has 0 heterocycles. The number of hydrogen-bond donors (Lipinski definition) is 1. The average Bonchev–Trinajstić information content (AvgIpc) is 2.52. The molecule has 0 spiro atoms. The molecule has 1 rings (SSSR count). The largest absolute Gasteiger partial charge is 0.471 e. The Bertz CT molecular complexity index is 58.7. The molecule has 0 aromatic rings. The minimum Gasteiger partial charge on any atom is -0.471 e. The second-order valence-corrected chi connectivity index (χ2v) is 1.56. The highest BCUT2D eigenvalue weighted by molar-refractivity contribution is 5.36. The van der Waals surface area contributed by atoms with Crippen LogP contribution in [0.25, 0.3) is 0 Å². The van der Waals surface area contributed by atoms with Gasteiger partial charge in [0.1, 0.15) is 0 Å². The zero-order valence-corrected chi connectivity index (χ0v) is 4.83. The van der Waals surface area contributed by atoms with E-state index in [1.54, 1.807) is 0 Å². The van der Waals surface area contributed by atoms with Crippen LogP contribution in [-0.2, 0) is 9.53 Å². The van der Waals surface area contributed by atoms with Crippen LogP contribution in [0.4, 0.5) is 0 Å². The normalized spacial score (nSPS) is 15.8. The molecule has 1 saturated carbocycles. The number of carbonyl (C=O) groups excluding carboxylic acids is 1. The van der Waals surface area contributed by atoms with E-state index in [1.807, 2.05) is 0 Å². The molecular weight excluding hydrogens is 108 g/mol. The summed E-state index contributed by atoms with van der Waals surface area (Å²) >= 11 is 0. The number of aliphatic hydroxyl groups excluding tert-OH is 1. The first-order valence-electron chi connectivity index (χ1n) is 2.45. The van der Waals surface area contributed by atoms with Crippen LogP contribution in [0.3, 0.4) is 0 Å². The van der Waals surface area contributed by atoms with Crippen LogP contribution in [-0.4, -0.2) is 24.8 Å². The van der Waals surface area contributed by atoms with E-state index >= 15 is 0 Å². The molecule has 0 aliphatic heterocycles. The van der Waals surface area contributed by atoms with Crippen LogP contribution in [0, 0.1) is 0 Å². The third-order valence-corrected chi connectivity index (χ3v) is 0.643. The minimum absolute atomic E-state index is 0.0833. The molecule has 1 aliphatic carbocycles. The Kier molecular flexibility index (Phi) is 4.26. The van der Waals surface area contributed by atoms with Gasteiger partial charge in [0.15, 0.2) is 0 Å². The fraction of sp³-hybridized carbons (Fsp3) is 0.800. The Morgan fingerprint density at radius 1 is 1.75 bits per heavy atom. The van der Waals surface area contributed by atoms with Crippen LogP contribution in [0.1, 0.15) is 12.8 Å². The number of rotatable bonds is 1. The summed E-state index contributed by atoms with van der Waals surface area (Å²) in [4.78, 5) is 8.95. The van der Waals surface area contributed by atoms with Crippen LogP contribution in [0.2, 0.25) is 0 Å². The van der Waals surface area contributed by atoms with Gasteiger partial charge in [0.05, 0.1) is 13.2 Å². The van der Waals surface area contributed by atoms with Crippen molar-refractivity contribution >= 4 is 6.47 Å². The van der Waals surface area contributed by atoms with Crippen molar-refractivity contribution in [3.05, 3.63) is 0 Å². The number of methoxy groups -OCH3 is 1. The van der Waals surface area contributed by atoms with E-state index in [4.69, 9.17) is 9.90 Å². The molecule has 0 aromatic heterocycles. The van der Waals surface area contributed by atoms with Crippen molar-refractivity contribution in [3.63, 3.8) is 0 Å². The lowest BCUT2D eigenvalue weighted by Gasteiger charge is -1.67. The smallest absolute Gasteiger partial charge is 0.292 e. The van der Waals surface area contributed by atoms with E-state index in [0.717, 1.165) is 12.8 Å². The number of ether oxygens (including phenoxy) is 1. The molecular formula is C5H10O3. The predicted octanol–water partition coefficient (Wildman–Crippen LogP) is -0.0697. The summed E-state index contributed by atoms with van der Waals surface area (Å²) in [6.07, 6.45) is 2.17. The van der Waals surface area contributed by atoms with E-state index in [2.05, 4.69) is 4.74 Å². The first-order chi connectivity index (χ1) is 3.81. The summed E-state index contributed by atoms with van der Waals surface area (Å²) in [5, 5.41) is 8.17. The van der Waals surface area contributed by atoms with Crippen molar-refractivity contribution in [1.82, 2.24) is 0 Å². The van der Waals surface area contributed by atoms with E-state index in [-0.39, 0.29) is 6.10 Å². The lowest BCUT2D eigenvalue weighted by atomic mass is 10.9. The van der Waals surface area contributed by atoms with Gasteiger partial charge in [0, 0.05) is 0 Å². The van der Waals surface area contributed by atoms with Crippen LogP contribution in [0.15, 0.2) is 0 Å². The van der Waals surface area contributed by atoms with Gasteiger partial charge in [0.2, 0.25) is 0 Å². The zero-order valence-electron chi connectivity index (χ0n) is 4.83. The van der Waals surface area contributed by atoms with E-state index in [0.29, 0.717) is 6.47 Å². The molecule has 0 aromatic carbocycles. The third-order valence-electron chi connectivity index (χ3n) is 0.643. The van der Waals surface area contributed by atoms with Gasteiger partial charge in [-0.1, -0.05) is 0 Å². The first kappa shape index (κ1) is 7.43. The molecule has 1 aliphatic rings. The predicted molar refractivity (Wildman–Crippen MR) is 28.3 cm³/mol. The van der Waals surface area contributed by atoms with E-state index in [9.17, 15) is 0 Å². The second-order valence-electron chi connectivity index (χ2n) is 1.56. The van der Waals surface area contributed by atoms with Crippen LogP contribution < -0.4 is 0 Å². The molecule has 3 nitrogen and oxygen atoms in total. The summed E-state index contributed by atoms with van der Waals surface area (Å²) in [5.41, 5.74) is 0. The van der Waals surface area contributed by atoms with Gasteiger partial charge >= 0.3 is 0 Å². The van der Waals surface area contributed by atoms with Crippen molar-refractivity contribution < 1.29 is 14.6 Å². The fourth-order valence-electron chi connectivity index (χ4n) is 0.0745. The van der Waals surface area contributed by atoms with Crippen LogP contribution >= 0.6 is 0 Å². The average molecular weight is 118 g/mol. The van der Waals surface area contributed by atoms with Crippen molar-refractivity contribution in [2.75, 3.05) is 7.11 Å². The van der Waals surface area contributed by atoms with Crippen molar-refractivity contribution in [3.8, 4) is 0 Å². The molecule has 0 bridgehead atoms. The van der Waals surface area contributed by atoms with Gasteiger partial charge < -0.3 is 9.84 Å². The second kappa shape index (κ2) is 4.59. The van der Waals surface area contributed by atoms with Crippen molar-refractivity contribution in [2.45, 2.75) is 18.9 Å². The van der Waals surface area contributed by atoms with Gasteiger partial charge in [-0.15, -0.1) is 0 Å². The molecule has 1 N–H and O–H groups in total. The van der Waals surface area contributed by atoms with Gasteiger partial charge in [-0.25, -0.2) is 0 Å². The highest BCUT2D eigenvalue weighted by atomic mass is 16.5. The van der Waals surface area contributed by atoms with Crippen molar-refractivity contribution in [1.29, 1.82) is 0 Å². The zero-order chi connectivity index (χ0) is 6.41. The Morgan fingerprint density at radius 2 is 2.00 bits per heavy atom. The molecule has 48 valence electrons. The molecule has 8 heavy (non-hydrogen) atoms. The molecule has 0 atom stereocenters. The van der Waals surface area contributed by atoms with Gasteiger partial charge in [-0.05, 0) is 12.8 Å². The summed E-state index contributed by atoms with van der Waals surface area (Å²) in [5.74, 6) is 0. The maximum absolute atomic E-state index is 8.95. The van der Waals surface area contributed by atoms with Gasteiger partial charge in [-0.3, -0.25) is 4.79 Å². The molecule has 0 unspecified atom stereocenters. The maximum atomic E-state index is 8.95. The summed E-state index contributed by atoms with van der Waals surface area (Å²) in [6.45, 7) is 0.375. The molecule has 1 fully saturated rings. The number of aliphatic hydroxyl groups is 1. The van der Waals surface area contributed by atoms with Gasteiger partial charge in [0.25, 0.3) is 6.47 Å². The minimum atomic E-state index is 0.0833. The fourth-order valence-corrected chi connectivity index (χ4v) is 0.0745. The molecule has 0 amide bonds. The summed E-state index contributed by atoms with van der Waals surface area (Å²) in [7, 11) is 1.31. The number of carbonyl (C=O) groups is 1. The topological polar surface area (TPSA) is 46.5 Å². The Labute approximate surface area is 48.3 Å². The lowest BCUT2D eigenvalue weighted by molar-refractivity contribution is -0.126. The van der Waals surface area contributed by atoms with Crippen molar-refractivity contribution in [2.24, 2.45) is 0 Å². The van der Waals surface area contributed by atoms with E-state index < -0.39 is 0 Å². The lowest BCUT2D eigenvalue weighted by Crippen LogP contribution is -1.68. The van der Waals surface area contributed by atoms with Crippen LogP contribution in [0.5, 0.6) is 0 Å². The molecule has 0 radical (unpaired) electrons. The quantitative estimate of drug-likeness (QED) is 0.490. The first-order valence-corrected chi connectivity index (χ1v) is 2.45. The SMILES string of the molecule is COC=O.OC1CC1. The van der Waals surface area contributed by atoms with Gasteiger partial charge in [-0.2, -0.15) is 0 Å². The maximum Gasteiger partial charge on any atom is 0.292 e. The molecule has 0 saturated heterocycles. The molecule has 3 heteroatoms. The number of hydrogen-bond acceptors (Lipinski definition) is 3. The standard InChI is InChI=1S/C3H6O.C2H4O2/c4-3-1-2-3;1-4-2-3/h3-4H,1-2H2;2H,1H3. The Morgan fingerprint density at radius 3 is 2.00 bits per heavy atom. The monoisotopic (exact) mass is 118 g/mol.